The molecule has 0 heterocycles. The number of hydrogen-bond donors (Lipinski definition) is 1. The number of aliphatic hydroxyl groups excluding tert-OH is 1. The second-order valence-electron chi connectivity index (χ2n) is 6.36. The van der Waals surface area contributed by atoms with E-state index >= 15 is 0 Å². The molecular weight excluding hydrogens is 232 g/mol. The van der Waals surface area contributed by atoms with Gasteiger partial charge in [0.25, 0.3) is 0 Å². The summed E-state index contributed by atoms with van der Waals surface area (Å²) >= 11 is 0. The van der Waals surface area contributed by atoms with Gasteiger partial charge >= 0.3 is 0 Å². The van der Waals surface area contributed by atoms with Gasteiger partial charge < -0.3 is 5.11 Å². The predicted octanol–water partition coefficient (Wildman–Crippen LogP) is 6.09. The Morgan fingerprint density at radius 1 is 0.684 bits per heavy atom. The van der Waals surface area contributed by atoms with Gasteiger partial charge in [-0.15, -0.1) is 0 Å². The number of unbranched alkanes of at least 4 members (excludes halogenated alkanes) is 7. The van der Waals surface area contributed by atoms with Crippen LogP contribution in [-0.4, -0.2) is 11.2 Å². The van der Waals surface area contributed by atoms with Crippen LogP contribution in [0.3, 0.4) is 0 Å². The molecule has 1 N–H and O–H groups in total. The lowest BCUT2D eigenvalue weighted by molar-refractivity contribution is 0.145. The van der Waals surface area contributed by atoms with E-state index in [9.17, 15) is 5.11 Å². The first-order valence-electron chi connectivity index (χ1n) is 8.88. The largest absolute Gasteiger partial charge is 0.393 e. The van der Waals surface area contributed by atoms with Gasteiger partial charge in [-0.05, 0) is 18.8 Å². The third-order valence-electron chi connectivity index (χ3n) is 4.32. The summed E-state index contributed by atoms with van der Waals surface area (Å²) in [4.78, 5) is 0. The van der Waals surface area contributed by atoms with E-state index < -0.39 is 0 Å². The first-order valence-corrected chi connectivity index (χ1v) is 8.88. The van der Waals surface area contributed by atoms with E-state index in [1.54, 1.807) is 0 Å². The fourth-order valence-corrected chi connectivity index (χ4v) is 2.56. The van der Waals surface area contributed by atoms with Crippen LogP contribution in [0, 0.1) is 5.92 Å². The quantitative estimate of drug-likeness (QED) is 0.378. The average molecular weight is 271 g/mol. The summed E-state index contributed by atoms with van der Waals surface area (Å²) in [6, 6.07) is 0. The van der Waals surface area contributed by atoms with E-state index in [0.29, 0.717) is 0 Å². The molecule has 0 bridgehead atoms. The predicted molar refractivity (Wildman–Crippen MR) is 86.5 cm³/mol. The first-order chi connectivity index (χ1) is 9.20. The summed E-state index contributed by atoms with van der Waals surface area (Å²) in [6.07, 6.45) is 16.6. The topological polar surface area (TPSA) is 20.2 Å². The highest BCUT2D eigenvalue weighted by Gasteiger charge is 2.05. The summed E-state index contributed by atoms with van der Waals surface area (Å²) < 4.78 is 0. The van der Waals surface area contributed by atoms with Crippen LogP contribution < -0.4 is 0 Å². The molecule has 0 aromatic rings. The van der Waals surface area contributed by atoms with Crippen LogP contribution in [0.25, 0.3) is 0 Å². The monoisotopic (exact) mass is 270 g/mol. The molecule has 116 valence electrons. The normalized spacial score (nSPS) is 14.5. The van der Waals surface area contributed by atoms with Gasteiger partial charge in [0, 0.05) is 0 Å². The summed E-state index contributed by atoms with van der Waals surface area (Å²) in [5.74, 6) is 0.829. The minimum atomic E-state index is -0.0378. The van der Waals surface area contributed by atoms with Crippen molar-refractivity contribution in [1.29, 1.82) is 0 Å². The van der Waals surface area contributed by atoms with Crippen LogP contribution in [0.15, 0.2) is 0 Å². The second-order valence-corrected chi connectivity index (χ2v) is 6.36. The molecule has 0 spiro atoms. The highest BCUT2D eigenvalue weighted by molar-refractivity contribution is 4.59. The van der Waals surface area contributed by atoms with Gasteiger partial charge in [0.1, 0.15) is 0 Å². The zero-order chi connectivity index (χ0) is 14.3. The van der Waals surface area contributed by atoms with E-state index in [-0.39, 0.29) is 6.10 Å². The van der Waals surface area contributed by atoms with Crippen molar-refractivity contribution in [1.82, 2.24) is 0 Å². The fraction of sp³-hybridized carbons (Fsp3) is 1.00. The van der Waals surface area contributed by atoms with Crippen molar-refractivity contribution < 1.29 is 5.11 Å². The minimum Gasteiger partial charge on any atom is -0.393 e. The van der Waals surface area contributed by atoms with E-state index in [2.05, 4.69) is 20.8 Å². The highest BCUT2D eigenvalue weighted by Crippen LogP contribution is 2.16. The minimum absolute atomic E-state index is 0.0378. The molecule has 0 saturated heterocycles. The van der Waals surface area contributed by atoms with Crippen molar-refractivity contribution in [3.63, 3.8) is 0 Å². The van der Waals surface area contributed by atoms with Crippen LogP contribution in [0.1, 0.15) is 104 Å². The summed E-state index contributed by atoms with van der Waals surface area (Å²) in [6.45, 7) is 6.83. The maximum absolute atomic E-state index is 9.91. The first kappa shape index (κ1) is 19.0. The van der Waals surface area contributed by atoms with Crippen LogP contribution in [0.5, 0.6) is 0 Å². The highest BCUT2D eigenvalue weighted by atomic mass is 16.3. The van der Waals surface area contributed by atoms with Gasteiger partial charge in [-0.1, -0.05) is 91.4 Å². The Balaban J connectivity index is 3.18. The third-order valence-corrected chi connectivity index (χ3v) is 4.32. The molecule has 0 aliphatic rings. The van der Waals surface area contributed by atoms with E-state index in [1.165, 1.54) is 70.6 Å². The molecule has 0 rings (SSSR count). The van der Waals surface area contributed by atoms with Crippen molar-refractivity contribution in [3.05, 3.63) is 0 Å². The molecule has 0 aliphatic heterocycles. The number of hydrogen-bond acceptors (Lipinski definition) is 1. The summed E-state index contributed by atoms with van der Waals surface area (Å²) in [5.41, 5.74) is 0. The lowest BCUT2D eigenvalue weighted by Crippen LogP contribution is -2.07. The average Bonchev–Trinajstić information content (AvgIpc) is 2.41. The van der Waals surface area contributed by atoms with Crippen molar-refractivity contribution >= 4 is 0 Å². The molecule has 19 heavy (non-hydrogen) atoms. The SMILES string of the molecule is CCCCCCCCCCC(O)CCCC(C)CC. The zero-order valence-corrected chi connectivity index (χ0v) is 13.8. The van der Waals surface area contributed by atoms with Gasteiger partial charge in [-0.2, -0.15) is 0 Å². The van der Waals surface area contributed by atoms with Crippen LogP contribution in [0.4, 0.5) is 0 Å². The lowest BCUT2D eigenvalue weighted by atomic mass is 9.98. The van der Waals surface area contributed by atoms with Crippen LogP contribution >= 0.6 is 0 Å². The molecule has 1 nitrogen and oxygen atoms in total. The molecular formula is C18H38O. The molecule has 0 aromatic heterocycles. The second kappa shape index (κ2) is 14.4. The van der Waals surface area contributed by atoms with Gasteiger partial charge in [0.2, 0.25) is 0 Å². The standard InChI is InChI=1S/C18H38O/c1-4-6-7-8-9-10-11-12-15-18(19)16-13-14-17(3)5-2/h17-19H,4-16H2,1-3H3. The summed E-state index contributed by atoms with van der Waals surface area (Å²) in [5, 5.41) is 9.91. The van der Waals surface area contributed by atoms with Crippen molar-refractivity contribution in [3.8, 4) is 0 Å². The molecule has 1 heteroatoms. The lowest BCUT2D eigenvalue weighted by Gasteiger charge is -2.12. The van der Waals surface area contributed by atoms with Crippen LogP contribution in [0.2, 0.25) is 0 Å². The maximum atomic E-state index is 9.91. The van der Waals surface area contributed by atoms with Gasteiger partial charge in [0.05, 0.1) is 6.10 Å². The van der Waals surface area contributed by atoms with Crippen molar-refractivity contribution in [2.24, 2.45) is 5.92 Å². The van der Waals surface area contributed by atoms with Gasteiger partial charge in [0.15, 0.2) is 0 Å². The van der Waals surface area contributed by atoms with E-state index in [0.717, 1.165) is 18.8 Å². The number of rotatable bonds is 14. The Bertz CT molecular complexity index is 167. The Kier molecular flexibility index (Phi) is 14.3. The molecule has 0 aromatic carbocycles. The Labute approximate surface area is 122 Å². The Morgan fingerprint density at radius 2 is 1.21 bits per heavy atom. The molecule has 0 fully saturated rings. The molecule has 0 radical (unpaired) electrons. The Hall–Kier alpha value is -0.0400. The molecule has 0 aliphatic carbocycles. The zero-order valence-electron chi connectivity index (χ0n) is 13.8. The van der Waals surface area contributed by atoms with Gasteiger partial charge in [-0.25, -0.2) is 0 Å². The van der Waals surface area contributed by atoms with E-state index in [1.807, 2.05) is 0 Å². The molecule has 0 saturated carbocycles. The van der Waals surface area contributed by atoms with Crippen molar-refractivity contribution in [2.45, 2.75) is 110 Å². The van der Waals surface area contributed by atoms with Crippen molar-refractivity contribution in [2.75, 3.05) is 0 Å². The van der Waals surface area contributed by atoms with E-state index in [4.69, 9.17) is 0 Å². The molecule has 2 unspecified atom stereocenters. The van der Waals surface area contributed by atoms with Crippen LogP contribution in [-0.2, 0) is 0 Å². The fourth-order valence-electron chi connectivity index (χ4n) is 2.56. The molecule has 0 amide bonds. The third kappa shape index (κ3) is 14.2. The smallest absolute Gasteiger partial charge is 0.0540 e. The molecule has 2 atom stereocenters. The summed E-state index contributed by atoms with van der Waals surface area (Å²) in [7, 11) is 0. The van der Waals surface area contributed by atoms with Gasteiger partial charge in [-0.3, -0.25) is 0 Å². The Morgan fingerprint density at radius 3 is 1.79 bits per heavy atom. The number of aliphatic hydroxyl groups is 1. The maximum Gasteiger partial charge on any atom is 0.0540 e.